The number of esters is 1. The zero-order valence-electron chi connectivity index (χ0n) is 12.9. The summed E-state index contributed by atoms with van der Waals surface area (Å²) in [5, 5.41) is 8.82. The number of ether oxygens (including phenoxy) is 2. The van der Waals surface area contributed by atoms with E-state index >= 15 is 0 Å². The first kappa shape index (κ1) is 17.4. The molecule has 0 saturated carbocycles. The Morgan fingerprint density at radius 1 is 1.24 bits per heavy atom. The second kappa shape index (κ2) is 6.89. The molecule has 0 radical (unpaired) electrons. The fourth-order valence-electron chi connectivity index (χ4n) is 2.01. The van der Waals surface area contributed by atoms with E-state index in [9.17, 15) is 14.4 Å². The van der Waals surface area contributed by atoms with Gasteiger partial charge in [0.25, 0.3) is 5.91 Å². The Kier molecular flexibility index (Phi) is 5.71. The predicted molar refractivity (Wildman–Crippen MR) is 73.6 cm³/mol. The van der Waals surface area contributed by atoms with Gasteiger partial charge in [-0.2, -0.15) is 0 Å². The average Bonchev–Trinajstić information content (AvgIpc) is 2.82. The van der Waals surface area contributed by atoms with E-state index in [1.807, 2.05) is 0 Å². The second-order valence-corrected chi connectivity index (χ2v) is 6.13. The van der Waals surface area contributed by atoms with Crippen LogP contribution in [0.5, 0.6) is 0 Å². The molecule has 21 heavy (non-hydrogen) atoms. The lowest BCUT2D eigenvalue weighted by molar-refractivity contribution is -0.156. The number of rotatable bonds is 5. The van der Waals surface area contributed by atoms with E-state index in [4.69, 9.17) is 14.6 Å². The van der Waals surface area contributed by atoms with E-state index in [0.717, 1.165) is 0 Å². The standard InChI is InChI=1S/C14H23NO6/c1-14(2,3)21-11(16)7-8-15(4)12(17)9-5-6-10(20-9)13(18)19/h9-10H,5-8H2,1-4H3,(H,18,19)/t9-,10+/m0/s1. The van der Waals surface area contributed by atoms with Crippen LogP contribution in [0.25, 0.3) is 0 Å². The number of nitrogens with zero attached hydrogens (tertiary/aromatic N) is 1. The zero-order valence-corrected chi connectivity index (χ0v) is 12.9. The van der Waals surface area contributed by atoms with Crippen LogP contribution in [-0.4, -0.2) is 59.3 Å². The number of carbonyl (C=O) groups excluding carboxylic acids is 2. The van der Waals surface area contributed by atoms with Crippen molar-refractivity contribution >= 4 is 17.8 Å². The van der Waals surface area contributed by atoms with E-state index in [1.165, 1.54) is 4.90 Å². The van der Waals surface area contributed by atoms with Gasteiger partial charge in [-0.15, -0.1) is 0 Å². The first-order valence-electron chi connectivity index (χ1n) is 6.95. The van der Waals surface area contributed by atoms with Crippen LogP contribution in [0, 0.1) is 0 Å². The molecule has 0 aromatic rings. The van der Waals surface area contributed by atoms with Crippen LogP contribution >= 0.6 is 0 Å². The summed E-state index contributed by atoms with van der Waals surface area (Å²) in [6, 6.07) is 0. The maximum atomic E-state index is 12.1. The van der Waals surface area contributed by atoms with Crippen LogP contribution in [0.2, 0.25) is 0 Å². The molecule has 0 aromatic carbocycles. The monoisotopic (exact) mass is 301 g/mol. The molecule has 1 fully saturated rings. The molecule has 1 N–H and O–H groups in total. The summed E-state index contributed by atoms with van der Waals surface area (Å²) in [6.45, 7) is 5.54. The Morgan fingerprint density at radius 2 is 1.81 bits per heavy atom. The first-order chi connectivity index (χ1) is 9.60. The Labute approximate surface area is 124 Å². The van der Waals surface area contributed by atoms with Crippen molar-refractivity contribution in [2.45, 2.75) is 57.8 Å². The molecule has 0 aliphatic carbocycles. The largest absolute Gasteiger partial charge is 0.479 e. The number of aliphatic carboxylic acids is 1. The van der Waals surface area contributed by atoms with Gasteiger partial charge in [0.05, 0.1) is 6.42 Å². The average molecular weight is 301 g/mol. The summed E-state index contributed by atoms with van der Waals surface area (Å²) in [5.41, 5.74) is -0.553. The topological polar surface area (TPSA) is 93.1 Å². The van der Waals surface area contributed by atoms with Crippen LogP contribution in [0.3, 0.4) is 0 Å². The Hall–Kier alpha value is -1.63. The quantitative estimate of drug-likeness (QED) is 0.755. The predicted octanol–water partition coefficient (Wildman–Crippen LogP) is 0.809. The number of likely N-dealkylation sites (N-methyl/N-ethyl adjacent to an activating group) is 1. The normalized spacial score (nSPS) is 21.9. The minimum Gasteiger partial charge on any atom is -0.479 e. The number of amides is 1. The van der Waals surface area contributed by atoms with Crippen LogP contribution < -0.4 is 0 Å². The van der Waals surface area contributed by atoms with Crippen molar-refractivity contribution in [1.82, 2.24) is 4.90 Å². The Bertz CT molecular complexity index is 414. The molecule has 1 amide bonds. The van der Waals surface area contributed by atoms with Gasteiger partial charge in [0.1, 0.15) is 11.7 Å². The summed E-state index contributed by atoms with van der Waals surface area (Å²) < 4.78 is 10.3. The van der Waals surface area contributed by atoms with Gasteiger partial charge >= 0.3 is 11.9 Å². The van der Waals surface area contributed by atoms with Gasteiger partial charge < -0.3 is 19.5 Å². The van der Waals surface area contributed by atoms with Gasteiger partial charge in [-0.05, 0) is 33.6 Å². The van der Waals surface area contributed by atoms with Crippen LogP contribution in [0.15, 0.2) is 0 Å². The molecule has 0 spiro atoms. The molecule has 2 atom stereocenters. The van der Waals surface area contributed by atoms with Crippen molar-refractivity contribution in [3.8, 4) is 0 Å². The summed E-state index contributed by atoms with van der Waals surface area (Å²) in [4.78, 5) is 35.8. The van der Waals surface area contributed by atoms with Gasteiger partial charge in [0.2, 0.25) is 0 Å². The molecule has 1 aliphatic rings. The molecule has 1 saturated heterocycles. The molecule has 0 bridgehead atoms. The molecule has 0 unspecified atom stereocenters. The fraction of sp³-hybridized carbons (Fsp3) is 0.786. The molecule has 1 aliphatic heterocycles. The zero-order chi connectivity index (χ0) is 16.2. The van der Waals surface area contributed by atoms with Crippen molar-refractivity contribution in [3.05, 3.63) is 0 Å². The highest BCUT2D eigenvalue weighted by Crippen LogP contribution is 2.21. The fourth-order valence-corrected chi connectivity index (χ4v) is 2.01. The first-order valence-corrected chi connectivity index (χ1v) is 6.95. The molecule has 0 aromatic heterocycles. The molecule has 120 valence electrons. The van der Waals surface area contributed by atoms with Crippen LogP contribution in [0.1, 0.15) is 40.0 Å². The van der Waals surface area contributed by atoms with Crippen molar-refractivity contribution < 1.29 is 29.0 Å². The Balaban J connectivity index is 2.39. The lowest BCUT2D eigenvalue weighted by Gasteiger charge is -2.23. The van der Waals surface area contributed by atoms with Crippen molar-refractivity contribution in [2.24, 2.45) is 0 Å². The molecule has 7 nitrogen and oxygen atoms in total. The maximum Gasteiger partial charge on any atom is 0.332 e. The minimum atomic E-state index is -1.05. The smallest absolute Gasteiger partial charge is 0.332 e. The molecular weight excluding hydrogens is 278 g/mol. The van der Waals surface area contributed by atoms with E-state index in [2.05, 4.69) is 0 Å². The third-order valence-corrected chi connectivity index (χ3v) is 3.02. The summed E-state index contributed by atoms with van der Waals surface area (Å²) in [6.07, 6.45) is -0.861. The number of hydrogen-bond acceptors (Lipinski definition) is 5. The van der Waals surface area contributed by atoms with Crippen LogP contribution in [-0.2, 0) is 23.9 Å². The van der Waals surface area contributed by atoms with Gasteiger partial charge in [0.15, 0.2) is 6.10 Å². The maximum absolute atomic E-state index is 12.1. The third-order valence-electron chi connectivity index (χ3n) is 3.02. The lowest BCUT2D eigenvalue weighted by Crippen LogP contribution is -2.38. The highest BCUT2D eigenvalue weighted by molar-refractivity contribution is 5.83. The lowest BCUT2D eigenvalue weighted by atomic mass is 10.2. The molecular formula is C14H23NO6. The molecule has 7 heteroatoms. The van der Waals surface area contributed by atoms with E-state index in [-0.39, 0.29) is 24.8 Å². The second-order valence-electron chi connectivity index (χ2n) is 6.13. The summed E-state index contributed by atoms with van der Waals surface area (Å²) >= 11 is 0. The molecule has 1 heterocycles. The van der Waals surface area contributed by atoms with Gasteiger partial charge in [0, 0.05) is 13.6 Å². The van der Waals surface area contributed by atoms with E-state index < -0.39 is 23.8 Å². The molecule has 1 rings (SSSR count). The van der Waals surface area contributed by atoms with Crippen molar-refractivity contribution in [3.63, 3.8) is 0 Å². The summed E-state index contributed by atoms with van der Waals surface area (Å²) in [7, 11) is 1.56. The highest BCUT2D eigenvalue weighted by atomic mass is 16.6. The minimum absolute atomic E-state index is 0.0919. The van der Waals surface area contributed by atoms with Crippen molar-refractivity contribution in [2.75, 3.05) is 13.6 Å². The van der Waals surface area contributed by atoms with E-state index in [0.29, 0.717) is 12.8 Å². The third kappa shape index (κ3) is 5.71. The van der Waals surface area contributed by atoms with Crippen molar-refractivity contribution in [1.29, 1.82) is 0 Å². The SMILES string of the molecule is CN(CCC(=O)OC(C)(C)C)C(=O)[C@@H]1CC[C@H](C(=O)O)O1. The number of carbonyl (C=O) groups is 3. The highest BCUT2D eigenvalue weighted by Gasteiger charge is 2.36. The number of carboxylic acids is 1. The van der Waals surface area contributed by atoms with Gasteiger partial charge in [-0.3, -0.25) is 9.59 Å². The van der Waals surface area contributed by atoms with Gasteiger partial charge in [-0.25, -0.2) is 4.79 Å². The van der Waals surface area contributed by atoms with E-state index in [1.54, 1.807) is 27.8 Å². The number of hydrogen-bond donors (Lipinski definition) is 1. The number of carboxylic acid groups (broad SMARTS) is 1. The summed E-state index contributed by atoms with van der Waals surface area (Å²) in [5.74, 6) is -1.73. The Morgan fingerprint density at radius 3 is 2.29 bits per heavy atom. The van der Waals surface area contributed by atoms with Gasteiger partial charge in [-0.1, -0.05) is 0 Å². The van der Waals surface area contributed by atoms with Crippen LogP contribution in [0.4, 0.5) is 0 Å².